The molecule has 0 saturated heterocycles. The average molecular weight is 932 g/mol. The van der Waals surface area contributed by atoms with Gasteiger partial charge in [0.05, 0.1) is 38.7 Å². The number of furan rings is 2. The van der Waals surface area contributed by atoms with Crippen LogP contribution in [0.3, 0.4) is 0 Å². The first-order chi connectivity index (χ1) is 36.2. The number of nitrogens with zero attached hydrogens (tertiary/aromatic N) is 3. The van der Waals surface area contributed by atoms with E-state index < -0.39 is 0 Å². The standard InChI is InChI=1S/C68H41N3O2/c1-4-16-42(17-5-1)47-38-56-54-36-43-30-32-50(69(48-18-6-2-7-19-48)58-24-14-28-64-66(58)52-22-10-12-26-62(52)72-64)34-45(43)40-60(54)71-61-41-46-35-51(33-31-44(46)37-55(61)57(39-47)68(56)71)70(49-20-8-3-9-21-49)59-25-15-29-65-67(59)53-23-11-13-27-63(53)73-65/h1-41H. The normalized spacial score (nSPS) is 12.1. The quantitative estimate of drug-likeness (QED) is 0.160. The summed E-state index contributed by atoms with van der Waals surface area (Å²) in [6.07, 6.45) is 0. The van der Waals surface area contributed by atoms with E-state index in [1.165, 1.54) is 60.0 Å². The average Bonchev–Trinajstić information content (AvgIpc) is 4.20. The van der Waals surface area contributed by atoms with Crippen molar-refractivity contribution in [3.05, 3.63) is 249 Å². The lowest BCUT2D eigenvalue weighted by molar-refractivity contribution is 0.668. The van der Waals surface area contributed by atoms with Crippen LogP contribution in [0, 0.1) is 0 Å². The number of hydrogen-bond donors (Lipinski definition) is 0. The van der Waals surface area contributed by atoms with E-state index in [1.807, 2.05) is 12.1 Å². The second kappa shape index (κ2) is 15.3. The molecular formula is C68H41N3O2. The molecule has 0 aliphatic rings. The van der Waals surface area contributed by atoms with Crippen LogP contribution in [-0.4, -0.2) is 4.40 Å². The summed E-state index contributed by atoms with van der Waals surface area (Å²) in [5.74, 6) is 0. The molecule has 340 valence electrons. The molecule has 0 amide bonds. The molecule has 12 aromatic carbocycles. The Morgan fingerprint density at radius 3 is 1.21 bits per heavy atom. The van der Waals surface area contributed by atoms with Gasteiger partial charge < -0.3 is 23.0 Å². The lowest BCUT2D eigenvalue weighted by Crippen LogP contribution is -2.10. The molecule has 0 aliphatic heterocycles. The highest BCUT2D eigenvalue weighted by Crippen LogP contribution is 2.48. The van der Waals surface area contributed by atoms with Crippen molar-refractivity contribution in [3.63, 3.8) is 0 Å². The molecule has 0 unspecified atom stereocenters. The summed E-state index contributed by atoms with van der Waals surface area (Å²) < 4.78 is 15.4. The van der Waals surface area contributed by atoms with E-state index in [2.05, 4.69) is 251 Å². The highest BCUT2D eigenvalue weighted by atomic mass is 16.3. The van der Waals surface area contributed by atoms with Crippen molar-refractivity contribution in [1.29, 1.82) is 0 Å². The summed E-state index contributed by atoms with van der Waals surface area (Å²) in [5, 5.41) is 14.0. The Morgan fingerprint density at radius 1 is 0.274 bits per heavy atom. The van der Waals surface area contributed by atoms with Crippen LogP contribution in [-0.2, 0) is 0 Å². The molecule has 5 heteroatoms. The number of fused-ring (bicyclic) bond motifs is 14. The van der Waals surface area contributed by atoms with Crippen LogP contribution in [0.2, 0.25) is 0 Å². The van der Waals surface area contributed by atoms with Gasteiger partial charge in [-0.05, 0) is 154 Å². The van der Waals surface area contributed by atoms with Gasteiger partial charge >= 0.3 is 0 Å². The van der Waals surface area contributed by atoms with Crippen molar-refractivity contribution < 1.29 is 8.83 Å². The van der Waals surface area contributed by atoms with E-state index in [-0.39, 0.29) is 0 Å². The minimum absolute atomic E-state index is 0.866. The van der Waals surface area contributed by atoms with Crippen molar-refractivity contribution in [2.45, 2.75) is 0 Å². The van der Waals surface area contributed by atoms with Gasteiger partial charge in [0.2, 0.25) is 0 Å². The molecule has 0 saturated carbocycles. The largest absolute Gasteiger partial charge is 0.456 e. The van der Waals surface area contributed by atoms with E-state index in [0.29, 0.717) is 0 Å². The lowest BCUT2D eigenvalue weighted by Gasteiger charge is -2.26. The number of rotatable bonds is 7. The summed E-state index contributed by atoms with van der Waals surface area (Å²) in [4.78, 5) is 4.75. The number of para-hydroxylation sites is 4. The first-order valence-electron chi connectivity index (χ1n) is 24.9. The van der Waals surface area contributed by atoms with Crippen LogP contribution in [0.4, 0.5) is 34.1 Å². The maximum absolute atomic E-state index is 6.43. The molecule has 0 fully saturated rings. The first kappa shape index (κ1) is 39.9. The molecule has 0 atom stereocenters. The van der Waals surface area contributed by atoms with Crippen molar-refractivity contribution in [2.24, 2.45) is 0 Å². The summed E-state index contributed by atoms with van der Waals surface area (Å²) in [6.45, 7) is 0. The van der Waals surface area contributed by atoms with Gasteiger partial charge in [-0.2, -0.15) is 0 Å². The Morgan fingerprint density at radius 2 is 0.712 bits per heavy atom. The minimum Gasteiger partial charge on any atom is -0.456 e. The molecule has 4 heterocycles. The summed E-state index contributed by atoms with van der Waals surface area (Å²) in [5.41, 5.74) is 15.9. The zero-order valence-electron chi connectivity index (χ0n) is 39.3. The SMILES string of the molecule is c1ccc(-c2cc3c4cc5ccc(N(c6ccccc6)c6cccc7oc8ccccc8c67)cc5cc4n4c5cc6cc(N(c7ccccc7)c7cccc8oc9ccccc9c78)ccc6cc5c(c2)c34)cc1. The molecule has 0 bridgehead atoms. The Labute approximate surface area is 418 Å². The predicted molar refractivity (Wildman–Crippen MR) is 305 cm³/mol. The van der Waals surface area contributed by atoms with Crippen LogP contribution in [0.5, 0.6) is 0 Å². The van der Waals surface area contributed by atoms with Gasteiger partial charge in [-0.25, -0.2) is 0 Å². The second-order valence-corrected chi connectivity index (χ2v) is 19.3. The van der Waals surface area contributed by atoms with E-state index in [1.54, 1.807) is 0 Å². The molecule has 0 radical (unpaired) electrons. The molecule has 5 nitrogen and oxygen atoms in total. The smallest absolute Gasteiger partial charge is 0.137 e. The number of anilines is 6. The molecule has 73 heavy (non-hydrogen) atoms. The van der Waals surface area contributed by atoms with Gasteiger partial charge in [0.1, 0.15) is 22.3 Å². The molecule has 16 aromatic rings. The van der Waals surface area contributed by atoms with Crippen molar-refractivity contribution in [2.75, 3.05) is 9.80 Å². The zero-order valence-corrected chi connectivity index (χ0v) is 39.3. The molecular weight excluding hydrogens is 891 g/mol. The third-order valence-corrected chi connectivity index (χ3v) is 15.2. The maximum atomic E-state index is 6.43. The van der Waals surface area contributed by atoms with Crippen LogP contribution in [0.25, 0.3) is 115 Å². The summed E-state index contributed by atoms with van der Waals surface area (Å²) >= 11 is 0. The fourth-order valence-corrected chi connectivity index (χ4v) is 12.0. The Kier molecular flexibility index (Phi) is 8.39. The van der Waals surface area contributed by atoms with Crippen molar-refractivity contribution in [1.82, 2.24) is 4.40 Å². The highest BCUT2D eigenvalue weighted by Gasteiger charge is 2.24. The third kappa shape index (κ3) is 5.97. The molecule has 0 spiro atoms. The molecule has 0 N–H and O–H groups in total. The Balaban J connectivity index is 0.939. The fourth-order valence-electron chi connectivity index (χ4n) is 12.0. The van der Waals surface area contributed by atoms with Gasteiger partial charge in [-0.15, -0.1) is 0 Å². The van der Waals surface area contributed by atoms with Crippen LogP contribution in [0.15, 0.2) is 258 Å². The fraction of sp³-hybridized carbons (Fsp3) is 0. The van der Waals surface area contributed by atoms with Gasteiger partial charge in [0.25, 0.3) is 0 Å². The van der Waals surface area contributed by atoms with E-state index in [9.17, 15) is 0 Å². The molecule has 0 aliphatic carbocycles. The van der Waals surface area contributed by atoms with Crippen molar-refractivity contribution >= 4 is 138 Å². The summed E-state index contributed by atoms with van der Waals surface area (Å²) in [6, 6.07) is 89.9. The Hall–Kier alpha value is -9.84. The van der Waals surface area contributed by atoms with Crippen LogP contribution in [0.1, 0.15) is 0 Å². The van der Waals surface area contributed by atoms with E-state index >= 15 is 0 Å². The highest BCUT2D eigenvalue weighted by molar-refractivity contribution is 6.27. The van der Waals surface area contributed by atoms with Crippen LogP contribution >= 0.6 is 0 Å². The monoisotopic (exact) mass is 931 g/mol. The first-order valence-corrected chi connectivity index (χ1v) is 24.9. The lowest BCUT2D eigenvalue weighted by atomic mass is 9.97. The maximum Gasteiger partial charge on any atom is 0.137 e. The second-order valence-electron chi connectivity index (χ2n) is 19.3. The number of hydrogen-bond acceptors (Lipinski definition) is 4. The van der Waals surface area contributed by atoms with Crippen LogP contribution < -0.4 is 9.80 Å². The molecule has 16 rings (SSSR count). The summed E-state index contributed by atoms with van der Waals surface area (Å²) in [7, 11) is 0. The number of aromatic nitrogens is 1. The van der Waals surface area contributed by atoms with E-state index in [0.717, 1.165) is 88.8 Å². The predicted octanol–water partition coefficient (Wildman–Crippen LogP) is 19.5. The number of benzene rings is 12. The van der Waals surface area contributed by atoms with Gasteiger partial charge in [0, 0.05) is 55.1 Å². The van der Waals surface area contributed by atoms with Gasteiger partial charge in [-0.3, -0.25) is 0 Å². The van der Waals surface area contributed by atoms with Gasteiger partial charge in [0.15, 0.2) is 0 Å². The Bertz CT molecular complexity index is 4570. The zero-order chi connectivity index (χ0) is 47.7. The van der Waals surface area contributed by atoms with Crippen molar-refractivity contribution in [3.8, 4) is 11.1 Å². The van der Waals surface area contributed by atoms with E-state index in [4.69, 9.17) is 8.83 Å². The van der Waals surface area contributed by atoms with Gasteiger partial charge in [-0.1, -0.05) is 127 Å². The molecule has 4 aromatic heterocycles. The topological polar surface area (TPSA) is 37.2 Å². The third-order valence-electron chi connectivity index (χ3n) is 15.2. The minimum atomic E-state index is 0.866.